The van der Waals surface area contributed by atoms with Gasteiger partial charge in [0.15, 0.2) is 0 Å². The molecule has 2 aliphatic rings. The minimum absolute atomic E-state index is 0.0331. The highest BCUT2D eigenvalue weighted by molar-refractivity contribution is 6.23. The van der Waals surface area contributed by atoms with Crippen molar-refractivity contribution in [3.8, 4) is 0 Å². The number of methoxy groups -OCH3 is 2. The van der Waals surface area contributed by atoms with E-state index in [1.54, 1.807) is 6.92 Å². The van der Waals surface area contributed by atoms with Crippen LogP contribution in [0.4, 0.5) is 0 Å². The van der Waals surface area contributed by atoms with Crippen LogP contribution < -0.4 is 0 Å². The van der Waals surface area contributed by atoms with E-state index in [2.05, 4.69) is 0 Å². The van der Waals surface area contributed by atoms with Gasteiger partial charge in [-0.2, -0.15) is 0 Å². The van der Waals surface area contributed by atoms with Crippen molar-refractivity contribution < 1.29 is 23.9 Å². The van der Waals surface area contributed by atoms with Gasteiger partial charge in [-0.25, -0.2) is 0 Å². The van der Waals surface area contributed by atoms with Crippen molar-refractivity contribution in [1.82, 2.24) is 4.90 Å². The van der Waals surface area contributed by atoms with Crippen LogP contribution in [0, 0.1) is 0 Å². The first-order chi connectivity index (χ1) is 11.0. The number of amides is 1. The predicted octanol–water partition coefficient (Wildman–Crippen LogP) is 1.75. The fraction of sp³-hybridized carbons (Fsp3) is 0.588. The molecule has 0 aromatic heterocycles. The molecule has 1 aliphatic carbocycles. The Morgan fingerprint density at radius 1 is 1.00 bits per heavy atom. The third kappa shape index (κ3) is 3.46. The van der Waals surface area contributed by atoms with Crippen LogP contribution in [0.5, 0.6) is 0 Å². The van der Waals surface area contributed by atoms with Crippen LogP contribution in [-0.4, -0.2) is 49.7 Å². The largest absolute Gasteiger partial charge is 0.489 e. The lowest BCUT2D eigenvalue weighted by Gasteiger charge is -2.27. The zero-order valence-electron chi connectivity index (χ0n) is 13.9. The fourth-order valence-electron chi connectivity index (χ4n) is 3.03. The number of Topliss-reactive ketones (excluding diaryl/α,β-unsaturated/α-hetero) is 2. The van der Waals surface area contributed by atoms with Crippen molar-refractivity contribution in [3.63, 3.8) is 0 Å². The lowest BCUT2D eigenvalue weighted by atomic mass is 9.90. The first-order valence-electron chi connectivity index (χ1n) is 7.90. The van der Waals surface area contributed by atoms with E-state index in [0.717, 1.165) is 32.4 Å². The molecular formula is C17H23NO5. The molecule has 0 atom stereocenters. The Morgan fingerprint density at radius 3 is 2.13 bits per heavy atom. The third-order valence-corrected chi connectivity index (χ3v) is 4.39. The SMILES string of the molecule is COC1=C(OC)C(=O)C(CCC(=O)N2CCCCC2)=C(C)C1=O. The summed E-state index contributed by atoms with van der Waals surface area (Å²) in [6.07, 6.45) is 3.68. The molecule has 0 aromatic carbocycles. The number of likely N-dealkylation sites (tertiary alicyclic amines) is 1. The molecule has 6 heteroatoms. The molecule has 126 valence electrons. The van der Waals surface area contributed by atoms with E-state index in [-0.39, 0.29) is 41.8 Å². The summed E-state index contributed by atoms with van der Waals surface area (Å²) in [6, 6.07) is 0. The second-order valence-electron chi connectivity index (χ2n) is 5.77. The van der Waals surface area contributed by atoms with Gasteiger partial charge >= 0.3 is 0 Å². The summed E-state index contributed by atoms with van der Waals surface area (Å²) in [5, 5.41) is 0. The number of hydrogen-bond acceptors (Lipinski definition) is 5. The van der Waals surface area contributed by atoms with Crippen molar-refractivity contribution in [1.29, 1.82) is 0 Å². The van der Waals surface area contributed by atoms with Crippen molar-refractivity contribution in [2.24, 2.45) is 0 Å². The average molecular weight is 321 g/mol. The summed E-state index contributed by atoms with van der Waals surface area (Å²) in [5.41, 5.74) is 0.678. The number of hydrogen-bond donors (Lipinski definition) is 0. The van der Waals surface area contributed by atoms with E-state index in [4.69, 9.17) is 9.47 Å². The molecular weight excluding hydrogens is 298 g/mol. The summed E-state index contributed by atoms with van der Waals surface area (Å²) in [6.45, 7) is 3.15. The standard InChI is InChI=1S/C17H23NO5/c1-11-12(7-8-13(19)18-9-5-4-6-10-18)15(21)17(23-3)16(22-2)14(11)20/h4-10H2,1-3H3. The maximum absolute atomic E-state index is 12.5. The van der Waals surface area contributed by atoms with E-state index in [1.165, 1.54) is 14.2 Å². The monoisotopic (exact) mass is 321 g/mol. The highest BCUT2D eigenvalue weighted by Gasteiger charge is 2.34. The first kappa shape index (κ1) is 17.2. The number of piperidine rings is 1. The van der Waals surface area contributed by atoms with Gasteiger partial charge in [0.05, 0.1) is 14.2 Å². The minimum Gasteiger partial charge on any atom is -0.489 e. The van der Waals surface area contributed by atoms with E-state index in [0.29, 0.717) is 11.1 Å². The van der Waals surface area contributed by atoms with Crippen LogP contribution >= 0.6 is 0 Å². The van der Waals surface area contributed by atoms with Crippen LogP contribution in [0.2, 0.25) is 0 Å². The minimum atomic E-state index is -0.368. The quantitative estimate of drug-likeness (QED) is 0.721. The molecule has 0 N–H and O–H groups in total. The van der Waals surface area contributed by atoms with E-state index >= 15 is 0 Å². The summed E-state index contributed by atoms with van der Waals surface area (Å²) in [5.74, 6) is -0.840. The highest BCUT2D eigenvalue weighted by Crippen LogP contribution is 2.28. The molecule has 2 rings (SSSR count). The lowest BCUT2D eigenvalue weighted by Crippen LogP contribution is -2.35. The number of carbonyl (C=O) groups excluding carboxylic acids is 3. The Morgan fingerprint density at radius 2 is 1.57 bits per heavy atom. The predicted molar refractivity (Wildman–Crippen MR) is 83.4 cm³/mol. The van der Waals surface area contributed by atoms with Gasteiger partial charge in [0.1, 0.15) is 0 Å². The van der Waals surface area contributed by atoms with Crippen LogP contribution in [0.1, 0.15) is 39.0 Å². The van der Waals surface area contributed by atoms with Gasteiger partial charge in [-0.1, -0.05) is 0 Å². The van der Waals surface area contributed by atoms with Crippen LogP contribution in [0.15, 0.2) is 22.7 Å². The van der Waals surface area contributed by atoms with Crippen molar-refractivity contribution in [3.05, 3.63) is 22.7 Å². The summed E-state index contributed by atoms with van der Waals surface area (Å²) < 4.78 is 10.0. The van der Waals surface area contributed by atoms with Gasteiger partial charge in [0.2, 0.25) is 29.0 Å². The Bertz CT molecular complexity index is 582. The number of allylic oxidation sites excluding steroid dienone is 2. The summed E-state index contributed by atoms with van der Waals surface area (Å²) in [7, 11) is 2.66. The third-order valence-electron chi connectivity index (χ3n) is 4.39. The van der Waals surface area contributed by atoms with Crippen LogP contribution in [-0.2, 0) is 23.9 Å². The topological polar surface area (TPSA) is 72.9 Å². The van der Waals surface area contributed by atoms with Gasteiger partial charge in [-0.05, 0) is 32.6 Å². The molecule has 1 fully saturated rings. The van der Waals surface area contributed by atoms with Gasteiger partial charge in [-0.3, -0.25) is 14.4 Å². The Labute approximate surface area is 136 Å². The fourth-order valence-corrected chi connectivity index (χ4v) is 3.03. The Kier molecular flexibility index (Phi) is 5.58. The molecule has 0 bridgehead atoms. The van der Waals surface area contributed by atoms with E-state index in [9.17, 15) is 14.4 Å². The maximum atomic E-state index is 12.5. The first-order valence-corrected chi connectivity index (χ1v) is 7.90. The molecule has 0 spiro atoms. The van der Waals surface area contributed by atoms with Crippen molar-refractivity contribution in [2.75, 3.05) is 27.3 Å². The molecule has 0 radical (unpaired) electrons. The second-order valence-corrected chi connectivity index (χ2v) is 5.77. The Balaban J connectivity index is 2.10. The van der Waals surface area contributed by atoms with Gasteiger partial charge in [-0.15, -0.1) is 0 Å². The maximum Gasteiger partial charge on any atom is 0.228 e. The molecule has 23 heavy (non-hydrogen) atoms. The molecule has 0 unspecified atom stereocenters. The molecule has 1 heterocycles. The zero-order chi connectivity index (χ0) is 17.0. The van der Waals surface area contributed by atoms with Gasteiger partial charge < -0.3 is 14.4 Å². The Hall–Kier alpha value is -2.11. The highest BCUT2D eigenvalue weighted by atomic mass is 16.5. The van der Waals surface area contributed by atoms with E-state index < -0.39 is 0 Å². The molecule has 1 saturated heterocycles. The number of ether oxygens (including phenoxy) is 2. The van der Waals surface area contributed by atoms with Crippen LogP contribution in [0.25, 0.3) is 0 Å². The molecule has 1 amide bonds. The van der Waals surface area contributed by atoms with Crippen molar-refractivity contribution >= 4 is 17.5 Å². The number of ketones is 2. The lowest BCUT2D eigenvalue weighted by molar-refractivity contribution is -0.132. The number of rotatable bonds is 5. The number of nitrogens with zero attached hydrogens (tertiary/aromatic N) is 1. The van der Waals surface area contributed by atoms with E-state index in [1.807, 2.05) is 4.90 Å². The summed E-state index contributed by atoms with van der Waals surface area (Å²) in [4.78, 5) is 38.8. The summed E-state index contributed by atoms with van der Waals surface area (Å²) >= 11 is 0. The van der Waals surface area contributed by atoms with Crippen LogP contribution in [0.3, 0.4) is 0 Å². The number of carbonyl (C=O) groups is 3. The zero-order valence-corrected chi connectivity index (χ0v) is 13.9. The molecule has 0 saturated carbocycles. The molecule has 1 aliphatic heterocycles. The van der Waals surface area contributed by atoms with Gasteiger partial charge in [0, 0.05) is 30.7 Å². The van der Waals surface area contributed by atoms with Crippen molar-refractivity contribution in [2.45, 2.75) is 39.0 Å². The second kappa shape index (κ2) is 7.44. The molecule has 0 aromatic rings. The smallest absolute Gasteiger partial charge is 0.228 e. The van der Waals surface area contributed by atoms with Gasteiger partial charge in [0.25, 0.3) is 0 Å². The average Bonchev–Trinajstić information content (AvgIpc) is 2.58. The molecule has 6 nitrogen and oxygen atoms in total. The normalized spacial score (nSPS) is 19.3.